The Hall–Kier alpha value is -0.120. The molecule has 0 aliphatic heterocycles. The molecular formula is C12H25NO2. The first-order valence-corrected chi connectivity index (χ1v) is 6.08. The van der Waals surface area contributed by atoms with Crippen LogP contribution in [0.2, 0.25) is 0 Å². The van der Waals surface area contributed by atoms with Crippen LogP contribution in [-0.2, 0) is 4.74 Å². The van der Waals surface area contributed by atoms with Gasteiger partial charge in [-0.05, 0) is 31.6 Å². The lowest BCUT2D eigenvalue weighted by Gasteiger charge is -2.17. The normalized spacial score (nSPS) is 20.6. The monoisotopic (exact) mass is 215 g/mol. The minimum Gasteiger partial charge on any atom is -0.389 e. The molecule has 3 nitrogen and oxygen atoms in total. The van der Waals surface area contributed by atoms with Crippen LogP contribution in [0.1, 0.15) is 33.6 Å². The Morgan fingerprint density at radius 2 is 1.93 bits per heavy atom. The molecule has 0 radical (unpaired) electrons. The smallest absolute Gasteiger partial charge is 0.0897 e. The van der Waals surface area contributed by atoms with Crippen LogP contribution in [0.3, 0.4) is 0 Å². The molecular weight excluding hydrogens is 190 g/mol. The SMILES string of the molecule is CC(C)COCC(O)CNC(C)C1CC1. The van der Waals surface area contributed by atoms with Crippen LogP contribution in [-0.4, -0.2) is 37.0 Å². The number of hydrogen-bond acceptors (Lipinski definition) is 3. The van der Waals surface area contributed by atoms with Gasteiger partial charge in [0.15, 0.2) is 0 Å². The summed E-state index contributed by atoms with van der Waals surface area (Å²) >= 11 is 0. The fourth-order valence-electron chi connectivity index (χ4n) is 1.58. The molecule has 15 heavy (non-hydrogen) atoms. The van der Waals surface area contributed by atoms with Crippen LogP contribution in [0.4, 0.5) is 0 Å². The second-order valence-electron chi connectivity index (χ2n) is 5.12. The van der Waals surface area contributed by atoms with Gasteiger partial charge >= 0.3 is 0 Å². The van der Waals surface area contributed by atoms with Gasteiger partial charge in [-0.1, -0.05) is 13.8 Å². The first-order valence-electron chi connectivity index (χ1n) is 6.08. The van der Waals surface area contributed by atoms with Gasteiger partial charge in [-0.2, -0.15) is 0 Å². The Balaban J connectivity index is 1.95. The highest BCUT2D eigenvalue weighted by Gasteiger charge is 2.27. The predicted molar refractivity (Wildman–Crippen MR) is 61.9 cm³/mol. The molecule has 0 aromatic rings. The summed E-state index contributed by atoms with van der Waals surface area (Å²) < 4.78 is 5.38. The lowest BCUT2D eigenvalue weighted by molar-refractivity contribution is 0.0249. The van der Waals surface area contributed by atoms with Crippen LogP contribution >= 0.6 is 0 Å². The predicted octanol–water partition coefficient (Wildman–Crippen LogP) is 1.41. The molecule has 1 aliphatic rings. The molecule has 1 rings (SSSR count). The van der Waals surface area contributed by atoms with Gasteiger partial charge in [-0.3, -0.25) is 0 Å². The van der Waals surface area contributed by atoms with E-state index in [0.29, 0.717) is 25.1 Å². The molecule has 0 saturated heterocycles. The first-order chi connectivity index (χ1) is 7.09. The zero-order chi connectivity index (χ0) is 11.3. The van der Waals surface area contributed by atoms with Crippen molar-refractivity contribution < 1.29 is 9.84 Å². The third-order valence-corrected chi connectivity index (χ3v) is 2.77. The van der Waals surface area contributed by atoms with Crippen molar-refractivity contribution in [3.05, 3.63) is 0 Å². The van der Waals surface area contributed by atoms with Crippen molar-refractivity contribution in [2.45, 2.75) is 45.8 Å². The maximum absolute atomic E-state index is 9.63. The molecule has 90 valence electrons. The van der Waals surface area contributed by atoms with Gasteiger partial charge in [0.1, 0.15) is 0 Å². The number of rotatable bonds is 8. The van der Waals surface area contributed by atoms with E-state index in [4.69, 9.17) is 4.74 Å². The highest BCUT2D eigenvalue weighted by molar-refractivity contribution is 4.83. The quantitative estimate of drug-likeness (QED) is 0.643. The van der Waals surface area contributed by atoms with Crippen LogP contribution in [0.15, 0.2) is 0 Å². The molecule has 0 bridgehead atoms. The zero-order valence-electron chi connectivity index (χ0n) is 10.2. The van der Waals surface area contributed by atoms with E-state index < -0.39 is 0 Å². The van der Waals surface area contributed by atoms with Gasteiger partial charge in [-0.25, -0.2) is 0 Å². The van der Waals surface area contributed by atoms with E-state index in [1.165, 1.54) is 12.8 Å². The van der Waals surface area contributed by atoms with Crippen LogP contribution in [0, 0.1) is 11.8 Å². The Bertz CT molecular complexity index is 169. The average Bonchev–Trinajstić information content (AvgIpc) is 2.96. The fourth-order valence-corrected chi connectivity index (χ4v) is 1.58. The molecule has 2 N–H and O–H groups in total. The van der Waals surface area contributed by atoms with Crippen LogP contribution in [0.5, 0.6) is 0 Å². The minimum atomic E-state index is -0.370. The second-order valence-corrected chi connectivity index (χ2v) is 5.12. The molecule has 0 spiro atoms. The lowest BCUT2D eigenvalue weighted by Crippen LogP contribution is -2.37. The standard InChI is InChI=1S/C12H25NO2/c1-9(2)7-15-8-12(14)6-13-10(3)11-4-5-11/h9-14H,4-8H2,1-3H3. The summed E-state index contributed by atoms with van der Waals surface area (Å²) in [6, 6.07) is 0.546. The average molecular weight is 215 g/mol. The summed E-state index contributed by atoms with van der Waals surface area (Å²) in [4.78, 5) is 0. The summed E-state index contributed by atoms with van der Waals surface area (Å²) in [6.07, 6.45) is 2.31. The summed E-state index contributed by atoms with van der Waals surface area (Å²) in [7, 11) is 0. The van der Waals surface area contributed by atoms with E-state index in [1.807, 2.05) is 0 Å². The van der Waals surface area contributed by atoms with Gasteiger partial charge in [0, 0.05) is 19.2 Å². The number of aliphatic hydroxyl groups is 1. The van der Waals surface area contributed by atoms with Crippen LogP contribution < -0.4 is 5.32 Å². The molecule has 1 fully saturated rings. The van der Waals surface area contributed by atoms with Crippen molar-refractivity contribution in [3.8, 4) is 0 Å². The second kappa shape index (κ2) is 6.46. The number of hydrogen-bond donors (Lipinski definition) is 2. The van der Waals surface area contributed by atoms with Crippen molar-refractivity contribution in [2.75, 3.05) is 19.8 Å². The van der Waals surface area contributed by atoms with E-state index in [0.717, 1.165) is 12.5 Å². The van der Waals surface area contributed by atoms with Crippen molar-refractivity contribution in [1.82, 2.24) is 5.32 Å². The molecule has 1 saturated carbocycles. The van der Waals surface area contributed by atoms with Crippen molar-refractivity contribution >= 4 is 0 Å². The highest BCUT2D eigenvalue weighted by Crippen LogP contribution is 2.32. The molecule has 1 aliphatic carbocycles. The van der Waals surface area contributed by atoms with Gasteiger partial charge in [0.05, 0.1) is 12.7 Å². The zero-order valence-corrected chi connectivity index (χ0v) is 10.2. The van der Waals surface area contributed by atoms with E-state index >= 15 is 0 Å². The molecule has 0 aromatic heterocycles. The van der Waals surface area contributed by atoms with E-state index in [9.17, 15) is 5.11 Å². The molecule has 2 atom stereocenters. The molecule has 2 unspecified atom stereocenters. The van der Waals surface area contributed by atoms with Crippen LogP contribution in [0.25, 0.3) is 0 Å². The van der Waals surface area contributed by atoms with Crippen molar-refractivity contribution in [1.29, 1.82) is 0 Å². The number of nitrogens with one attached hydrogen (secondary N) is 1. The Morgan fingerprint density at radius 3 is 2.47 bits per heavy atom. The van der Waals surface area contributed by atoms with Crippen molar-refractivity contribution in [3.63, 3.8) is 0 Å². The minimum absolute atomic E-state index is 0.370. The molecule has 3 heteroatoms. The fraction of sp³-hybridized carbons (Fsp3) is 1.00. The molecule has 0 amide bonds. The summed E-state index contributed by atoms with van der Waals surface area (Å²) in [6.45, 7) is 8.24. The van der Waals surface area contributed by atoms with Gasteiger partial charge in [0.25, 0.3) is 0 Å². The summed E-state index contributed by atoms with van der Waals surface area (Å²) in [5.41, 5.74) is 0. The Labute approximate surface area is 93.2 Å². The maximum Gasteiger partial charge on any atom is 0.0897 e. The summed E-state index contributed by atoms with van der Waals surface area (Å²) in [5, 5.41) is 13.0. The van der Waals surface area contributed by atoms with E-state index in [-0.39, 0.29) is 6.10 Å². The maximum atomic E-state index is 9.63. The van der Waals surface area contributed by atoms with Gasteiger partial charge in [0.2, 0.25) is 0 Å². The first kappa shape index (κ1) is 12.9. The lowest BCUT2D eigenvalue weighted by atomic mass is 10.2. The number of ether oxygens (including phenoxy) is 1. The largest absolute Gasteiger partial charge is 0.389 e. The third-order valence-electron chi connectivity index (χ3n) is 2.77. The molecule has 0 aromatic carbocycles. The molecule has 0 heterocycles. The van der Waals surface area contributed by atoms with Gasteiger partial charge in [-0.15, -0.1) is 0 Å². The Morgan fingerprint density at radius 1 is 1.27 bits per heavy atom. The highest BCUT2D eigenvalue weighted by atomic mass is 16.5. The topological polar surface area (TPSA) is 41.5 Å². The summed E-state index contributed by atoms with van der Waals surface area (Å²) in [5.74, 6) is 1.38. The van der Waals surface area contributed by atoms with Crippen molar-refractivity contribution in [2.24, 2.45) is 11.8 Å². The number of aliphatic hydroxyl groups excluding tert-OH is 1. The van der Waals surface area contributed by atoms with E-state index in [1.54, 1.807) is 0 Å². The Kier molecular flexibility index (Phi) is 5.58. The van der Waals surface area contributed by atoms with Gasteiger partial charge < -0.3 is 15.2 Å². The van der Waals surface area contributed by atoms with E-state index in [2.05, 4.69) is 26.1 Å². The third kappa shape index (κ3) is 6.13.